The SMILES string of the molecule is COCc1cccc(CNc2nncc3ccccc23)c1. The van der Waals surface area contributed by atoms with Gasteiger partial charge in [0.2, 0.25) is 0 Å². The monoisotopic (exact) mass is 279 g/mol. The Hall–Kier alpha value is -2.46. The van der Waals surface area contributed by atoms with Crippen molar-refractivity contribution in [3.05, 3.63) is 65.9 Å². The standard InChI is InChI=1S/C17H17N3O/c1-21-12-14-6-4-5-13(9-14)10-18-17-16-8-3-2-7-15(16)11-19-20-17/h2-9,11H,10,12H2,1H3,(H,18,20). The lowest BCUT2D eigenvalue weighted by atomic mass is 10.1. The van der Waals surface area contributed by atoms with E-state index in [-0.39, 0.29) is 0 Å². The Morgan fingerprint density at radius 2 is 1.90 bits per heavy atom. The molecule has 0 unspecified atom stereocenters. The molecule has 1 heterocycles. The summed E-state index contributed by atoms with van der Waals surface area (Å²) in [6.45, 7) is 1.34. The number of methoxy groups -OCH3 is 1. The van der Waals surface area contributed by atoms with E-state index in [1.807, 2.05) is 30.3 Å². The molecule has 0 saturated heterocycles. The van der Waals surface area contributed by atoms with Crippen LogP contribution in [-0.4, -0.2) is 17.3 Å². The molecule has 4 heteroatoms. The van der Waals surface area contributed by atoms with Gasteiger partial charge in [-0.2, -0.15) is 5.10 Å². The average molecular weight is 279 g/mol. The molecule has 4 nitrogen and oxygen atoms in total. The second kappa shape index (κ2) is 6.33. The summed E-state index contributed by atoms with van der Waals surface area (Å²) in [7, 11) is 1.70. The zero-order valence-corrected chi connectivity index (χ0v) is 11.9. The molecule has 1 N–H and O–H groups in total. The lowest BCUT2D eigenvalue weighted by Gasteiger charge is -2.09. The third kappa shape index (κ3) is 3.17. The maximum atomic E-state index is 5.16. The smallest absolute Gasteiger partial charge is 0.156 e. The van der Waals surface area contributed by atoms with Gasteiger partial charge in [-0.3, -0.25) is 0 Å². The van der Waals surface area contributed by atoms with Crippen molar-refractivity contribution in [2.75, 3.05) is 12.4 Å². The lowest BCUT2D eigenvalue weighted by molar-refractivity contribution is 0.185. The Morgan fingerprint density at radius 1 is 1.05 bits per heavy atom. The van der Waals surface area contributed by atoms with Crippen LogP contribution >= 0.6 is 0 Å². The Balaban J connectivity index is 1.79. The fourth-order valence-corrected chi connectivity index (χ4v) is 2.34. The van der Waals surface area contributed by atoms with Crippen molar-refractivity contribution in [3.63, 3.8) is 0 Å². The quantitative estimate of drug-likeness (QED) is 0.777. The summed E-state index contributed by atoms with van der Waals surface area (Å²) in [4.78, 5) is 0. The molecule has 0 atom stereocenters. The van der Waals surface area contributed by atoms with Crippen LogP contribution in [0.3, 0.4) is 0 Å². The van der Waals surface area contributed by atoms with Crippen LogP contribution in [0.15, 0.2) is 54.7 Å². The number of ether oxygens (including phenoxy) is 1. The minimum atomic E-state index is 0.627. The van der Waals surface area contributed by atoms with Crippen molar-refractivity contribution < 1.29 is 4.74 Å². The van der Waals surface area contributed by atoms with Gasteiger partial charge in [-0.15, -0.1) is 5.10 Å². The molecule has 2 aromatic carbocycles. The van der Waals surface area contributed by atoms with Crippen LogP contribution in [0.5, 0.6) is 0 Å². The zero-order valence-electron chi connectivity index (χ0n) is 11.9. The van der Waals surface area contributed by atoms with E-state index < -0.39 is 0 Å². The molecule has 0 radical (unpaired) electrons. The number of nitrogens with zero attached hydrogens (tertiary/aromatic N) is 2. The minimum absolute atomic E-state index is 0.627. The first-order valence-electron chi connectivity index (χ1n) is 6.88. The van der Waals surface area contributed by atoms with Crippen LogP contribution < -0.4 is 5.32 Å². The number of hydrogen-bond acceptors (Lipinski definition) is 4. The van der Waals surface area contributed by atoms with Gasteiger partial charge in [0.1, 0.15) is 0 Å². The summed E-state index contributed by atoms with van der Waals surface area (Å²) >= 11 is 0. The summed E-state index contributed by atoms with van der Waals surface area (Å²) in [5.74, 6) is 0.810. The molecule has 106 valence electrons. The highest BCUT2D eigenvalue weighted by molar-refractivity contribution is 5.90. The van der Waals surface area contributed by atoms with Crippen LogP contribution in [0, 0.1) is 0 Å². The third-order valence-corrected chi connectivity index (χ3v) is 3.33. The van der Waals surface area contributed by atoms with Gasteiger partial charge in [-0.05, 0) is 11.1 Å². The number of fused-ring (bicyclic) bond motifs is 1. The van der Waals surface area contributed by atoms with Crippen molar-refractivity contribution in [2.24, 2.45) is 0 Å². The highest BCUT2D eigenvalue weighted by Crippen LogP contribution is 2.20. The first-order valence-corrected chi connectivity index (χ1v) is 6.88. The molecular formula is C17H17N3O. The van der Waals surface area contributed by atoms with Gasteiger partial charge in [0.25, 0.3) is 0 Å². The normalized spacial score (nSPS) is 10.7. The van der Waals surface area contributed by atoms with Crippen LogP contribution in [-0.2, 0) is 17.9 Å². The first kappa shape index (κ1) is 13.5. The van der Waals surface area contributed by atoms with E-state index in [0.29, 0.717) is 13.2 Å². The van der Waals surface area contributed by atoms with Gasteiger partial charge in [0.05, 0.1) is 12.8 Å². The van der Waals surface area contributed by atoms with E-state index >= 15 is 0 Å². The average Bonchev–Trinajstić information content (AvgIpc) is 2.53. The Morgan fingerprint density at radius 3 is 2.81 bits per heavy atom. The molecule has 0 spiro atoms. The van der Waals surface area contributed by atoms with E-state index in [0.717, 1.165) is 16.6 Å². The second-order valence-electron chi connectivity index (χ2n) is 4.89. The van der Waals surface area contributed by atoms with E-state index in [1.165, 1.54) is 11.1 Å². The molecule has 1 aromatic heterocycles. The Kier molecular flexibility index (Phi) is 4.07. The zero-order chi connectivity index (χ0) is 14.5. The summed E-state index contributed by atoms with van der Waals surface area (Å²) in [5.41, 5.74) is 2.36. The lowest BCUT2D eigenvalue weighted by Crippen LogP contribution is -2.03. The molecule has 0 aliphatic rings. The fourth-order valence-electron chi connectivity index (χ4n) is 2.34. The van der Waals surface area contributed by atoms with Crippen LogP contribution in [0.1, 0.15) is 11.1 Å². The first-order chi connectivity index (χ1) is 10.4. The molecule has 0 saturated carbocycles. The minimum Gasteiger partial charge on any atom is -0.380 e. The van der Waals surface area contributed by atoms with Gasteiger partial charge in [-0.25, -0.2) is 0 Å². The third-order valence-electron chi connectivity index (χ3n) is 3.33. The molecule has 0 amide bonds. The fraction of sp³-hybridized carbons (Fsp3) is 0.176. The van der Waals surface area contributed by atoms with Gasteiger partial charge in [0, 0.05) is 24.4 Å². The number of benzene rings is 2. The summed E-state index contributed by atoms with van der Waals surface area (Å²) in [5, 5.41) is 13.8. The van der Waals surface area contributed by atoms with Gasteiger partial charge < -0.3 is 10.1 Å². The summed E-state index contributed by atoms with van der Waals surface area (Å²) in [6.07, 6.45) is 1.78. The maximum absolute atomic E-state index is 5.16. The highest BCUT2D eigenvalue weighted by Gasteiger charge is 2.03. The van der Waals surface area contributed by atoms with Crippen molar-refractivity contribution in [3.8, 4) is 0 Å². The predicted molar refractivity (Wildman–Crippen MR) is 84.0 cm³/mol. The van der Waals surface area contributed by atoms with Crippen molar-refractivity contribution in [2.45, 2.75) is 13.2 Å². The van der Waals surface area contributed by atoms with Gasteiger partial charge >= 0.3 is 0 Å². The molecule has 0 aliphatic carbocycles. The van der Waals surface area contributed by atoms with Crippen LogP contribution in [0.2, 0.25) is 0 Å². The number of anilines is 1. The second-order valence-corrected chi connectivity index (χ2v) is 4.89. The van der Waals surface area contributed by atoms with Crippen LogP contribution in [0.4, 0.5) is 5.82 Å². The maximum Gasteiger partial charge on any atom is 0.156 e. The molecule has 0 fully saturated rings. The van der Waals surface area contributed by atoms with E-state index in [2.05, 4.69) is 33.7 Å². The number of hydrogen-bond donors (Lipinski definition) is 1. The summed E-state index contributed by atoms with van der Waals surface area (Å²) < 4.78 is 5.16. The van der Waals surface area contributed by atoms with Crippen LogP contribution in [0.25, 0.3) is 10.8 Å². The largest absolute Gasteiger partial charge is 0.380 e. The molecule has 3 rings (SSSR count). The van der Waals surface area contributed by atoms with Crippen molar-refractivity contribution in [1.82, 2.24) is 10.2 Å². The Bertz CT molecular complexity index is 737. The number of rotatable bonds is 5. The van der Waals surface area contributed by atoms with E-state index in [1.54, 1.807) is 13.3 Å². The van der Waals surface area contributed by atoms with Crippen molar-refractivity contribution >= 4 is 16.6 Å². The number of aromatic nitrogens is 2. The summed E-state index contributed by atoms with van der Waals surface area (Å²) in [6, 6.07) is 16.4. The molecule has 0 aliphatic heterocycles. The predicted octanol–water partition coefficient (Wildman–Crippen LogP) is 3.39. The van der Waals surface area contributed by atoms with E-state index in [4.69, 9.17) is 4.74 Å². The highest BCUT2D eigenvalue weighted by atomic mass is 16.5. The molecule has 21 heavy (non-hydrogen) atoms. The number of nitrogens with one attached hydrogen (secondary N) is 1. The molecular weight excluding hydrogens is 262 g/mol. The van der Waals surface area contributed by atoms with Gasteiger partial charge in [-0.1, -0.05) is 48.5 Å². The molecule has 0 bridgehead atoms. The van der Waals surface area contributed by atoms with E-state index in [9.17, 15) is 0 Å². The topological polar surface area (TPSA) is 47.0 Å². The van der Waals surface area contributed by atoms with Gasteiger partial charge in [0.15, 0.2) is 5.82 Å². The Labute approximate surface area is 123 Å². The van der Waals surface area contributed by atoms with Crippen molar-refractivity contribution in [1.29, 1.82) is 0 Å². The molecule has 3 aromatic rings.